The average Bonchev–Trinajstić information content (AvgIpc) is 3.04. The smallest absolute Gasteiger partial charge is 0.230 e. The number of morpholine rings is 1. The summed E-state index contributed by atoms with van der Waals surface area (Å²) in [5.74, 6) is 0.207. The van der Waals surface area contributed by atoms with Gasteiger partial charge >= 0.3 is 0 Å². The number of halogens is 1. The molecule has 1 N–H and O–H groups in total. The molecule has 5 heteroatoms. The third-order valence-corrected chi connectivity index (χ3v) is 6.72. The third-order valence-electron chi connectivity index (χ3n) is 6.47. The summed E-state index contributed by atoms with van der Waals surface area (Å²) in [5.41, 5.74) is 0.724. The van der Waals surface area contributed by atoms with Crippen LogP contribution in [0.3, 0.4) is 0 Å². The molecule has 0 bridgehead atoms. The molecule has 3 atom stereocenters. The molecule has 26 heavy (non-hydrogen) atoms. The lowest BCUT2D eigenvalue weighted by Crippen LogP contribution is -2.50. The van der Waals surface area contributed by atoms with E-state index in [4.69, 9.17) is 16.3 Å². The highest BCUT2D eigenvalue weighted by Crippen LogP contribution is 2.40. The zero-order chi connectivity index (χ0) is 18.1. The summed E-state index contributed by atoms with van der Waals surface area (Å²) in [6.45, 7) is 4.83. The lowest BCUT2D eigenvalue weighted by Gasteiger charge is -2.37. The minimum absolute atomic E-state index is 0.207. The summed E-state index contributed by atoms with van der Waals surface area (Å²) in [6, 6.07) is 8.59. The number of rotatable bonds is 3. The lowest BCUT2D eigenvalue weighted by molar-refractivity contribution is -0.128. The van der Waals surface area contributed by atoms with Crippen molar-refractivity contribution in [2.24, 2.45) is 0 Å². The van der Waals surface area contributed by atoms with Crippen LogP contribution in [0.4, 0.5) is 0 Å². The Morgan fingerprint density at radius 2 is 1.92 bits per heavy atom. The zero-order valence-electron chi connectivity index (χ0n) is 15.5. The van der Waals surface area contributed by atoms with Crippen molar-refractivity contribution < 1.29 is 9.53 Å². The van der Waals surface area contributed by atoms with Crippen molar-refractivity contribution >= 4 is 17.5 Å². The van der Waals surface area contributed by atoms with Gasteiger partial charge in [-0.05, 0) is 43.9 Å². The maximum Gasteiger partial charge on any atom is 0.230 e. The van der Waals surface area contributed by atoms with Gasteiger partial charge in [0.25, 0.3) is 0 Å². The number of nitrogens with one attached hydrogen (secondary N) is 1. The molecule has 1 saturated carbocycles. The molecule has 1 amide bonds. The molecular formula is C21H29ClN2O2. The summed E-state index contributed by atoms with van der Waals surface area (Å²) in [7, 11) is 0. The Labute approximate surface area is 161 Å². The Morgan fingerprint density at radius 3 is 2.65 bits per heavy atom. The summed E-state index contributed by atoms with van der Waals surface area (Å²) in [4.78, 5) is 15.9. The van der Waals surface area contributed by atoms with E-state index >= 15 is 0 Å². The van der Waals surface area contributed by atoms with Gasteiger partial charge in [0.05, 0.1) is 18.1 Å². The van der Waals surface area contributed by atoms with Crippen molar-refractivity contribution in [2.45, 2.75) is 69.1 Å². The molecule has 1 aliphatic carbocycles. The zero-order valence-corrected chi connectivity index (χ0v) is 16.3. The van der Waals surface area contributed by atoms with E-state index in [0.717, 1.165) is 62.4 Å². The van der Waals surface area contributed by atoms with Crippen LogP contribution in [0.5, 0.6) is 0 Å². The first-order valence-corrected chi connectivity index (χ1v) is 10.4. The van der Waals surface area contributed by atoms with Crippen molar-refractivity contribution in [1.29, 1.82) is 0 Å². The number of hydrogen-bond acceptors (Lipinski definition) is 3. The van der Waals surface area contributed by atoms with Crippen LogP contribution in [0.2, 0.25) is 5.02 Å². The second-order valence-electron chi connectivity index (χ2n) is 8.31. The molecule has 0 spiro atoms. The van der Waals surface area contributed by atoms with Crippen molar-refractivity contribution in [2.75, 3.05) is 19.7 Å². The number of amides is 1. The molecule has 1 aromatic carbocycles. The monoisotopic (exact) mass is 376 g/mol. The number of fused-ring (bicyclic) bond motifs is 1. The van der Waals surface area contributed by atoms with Crippen LogP contribution in [-0.4, -0.2) is 48.7 Å². The second kappa shape index (κ2) is 7.49. The number of ether oxygens (including phenoxy) is 1. The minimum Gasteiger partial charge on any atom is -0.376 e. The Balaban J connectivity index is 1.49. The summed E-state index contributed by atoms with van der Waals surface area (Å²) in [6.07, 6.45) is 6.59. The van der Waals surface area contributed by atoms with Crippen LogP contribution in [-0.2, 0) is 14.9 Å². The standard InChI is InChI=1S/C21H29ClN2O2/c1-15-12-24-13-18(11-19(24)14-26-15)23-20(25)21(9-3-2-4-10-21)16-5-7-17(22)8-6-16/h5-8,15,18-19H,2-4,9-14H2,1H3,(H,23,25)/t15-,18-,19+/m1/s1. The molecule has 3 aliphatic rings. The van der Waals surface area contributed by atoms with E-state index in [1.165, 1.54) is 6.42 Å². The van der Waals surface area contributed by atoms with Crippen LogP contribution in [0.25, 0.3) is 0 Å². The highest BCUT2D eigenvalue weighted by Gasteiger charge is 2.44. The van der Waals surface area contributed by atoms with Crippen LogP contribution >= 0.6 is 11.6 Å². The molecule has 3 fully saturated rings. The topological polar surface area (TPSA) is 41.6 Å². The van der Waals surface area contributed by atoms with Gasteiger partial charge in [-0.2, -0.15) is 0 Å². The van der Waals surface area contributed by atoms with Crippen LogP contribution in [0.15, 0.2) is 24.3 Å². The number of carbonyl (C=O) groups is 1. The summed E-state index contributed by atoms with van der Waals surface area (Å²) in [5, 5.41) is 4.13. The molecule has 142 valence electrons. The minimum atomic E-state index is -0.393. The SMILES string of the molecule is C[C@@H]1CN2C[C@H](NC(=O)C3(c4ccc(Cl)cc4)CCCCC3)C[C@H]2CO1. The van der Waals surface area contributed by atoms with Crippen LogP contribution in [0.1, 0.15) is 51.0 Å². The molecule has 2 aliphatic heterocycles. The van der Waals surface area contributed by atoms with Gasteiger partial charge in [0, 0.05) is 30.2 Å². The third kappa shape index (κ3) is 3.51. The summed E-state index contributed by atoms with van der Waals surface area (Å²) >= 11 is 6.08. The highest BCUT2D eigenvalue weighted by molar-refractivity contribution is 6.30. The quantitative estimate of drug-likeness (QED) is 0.877. The van der Waals surface area contributed by atoms with E-state index in [-0.39, 0.29) is 11.9 Å². The lowest BCUT2D eigenvalue weighted by atomic mass is 9.68. The summed E-state index contributed by atoms with van der Waals surface area (Å²) < 4.78 is 5.79. The molecule has 2 heterocycles. The number of hydrogen-bond donors (Lipinski definition) is 1. The number of nitrogens with zero attached hydrogens (tertiary/aromatic N) is 1. The molecule has 0 unspecified atom stereocenters. The fourth-order valence-electron chi connectivity index (χ4n) is 5.04. The van der Waals surface area contributed by atoms with Crippen molar-refractivity contribution in [3.8, 4) is 0 Å². The molecular weight excluding hydrogens is 348 g/mol. The first kappa shape index (κ1) is 18.3. The largest absolute Gasteiger partial charge is 0.376 e. The van der Waals surface area contributed by atoms with E-state index in [1.54, 1.807) is 0 Å². The maximum absolute atomic E-state index is 13.4. The maximum atomic E-state index is 13.4. The fourth-order valence-corrected chi connectivity index (χ4v) is 5.16. The Hall–Kier alpha value is -1.10. The fraction of sp³-hybridized carbons (Fsp3) is 0.667. The predicted molar refractivity (Wildman–Crippen MR) is 104 cm³/mol. The van der Waals surface area contributed by atoms with Gasteiger partial charge < -0.3 is 10.1 Å². The van der Waals surface area contributed by atoms with Gasteiger partial charge in [-0.3, -0.25) is 9.69 Å². The van der Waals surface area contributed by atoms with Crippen molar-refractivity contribution in [1.82, 2.24) is 10.2 Å². The number of carbonyl (C=O) groups excluding carboxylic acids is 1. The average molecular weight is 377 g/mol. The van der Waals surface area contributed by atoms with Crippen molar-refractivity contribution in [3.05, 3.63) is 34.9 Å². The Bertz CT molecular complexity index is 642. The van der Waals surface area contributed by atoms with Crippen LogP contribution in [0, 0.1) is 0 Å². The normalized spacial score (nSPS) is 31.4. The molecule has 0 radical (unpaired) electrons. The molecule has 4 nitrogen and oxygen atoms in total. The van der Waals surface area contributed by atoms with Gasteiger partial charge in [0.1, 0.15) is 0 Å². The molecule has 4 rings (SSSR count). The molecule has 1 aromatic rings. The first-order chi connectivity index (χ1) is 12.6. The molecule has 0 aromatic heterocycles. The Kier molecular flexibility index (Phi) is 5.27. The Morgan fingerprint density at radius 1 is 1.19 bits per heavy atom. The second-order valence-corrected chi connectivity index (χ2v) is 8.74. The van der Waals surface area contributed by atoms with E-state index in [0.29, 0.717) is 12.1 Å². The van der Waals surface area contributed by atoms with Gasteiger partial charge in [-0.25, -0.2) is 0 Å². The van der Waals surface area contributed by atoms with Crippen LogP contribution < -0.4 is 5.32 Å². The predicted octanol–water partition coefficient (Wildman–Crippen LogP) is 3.52. The van der Waals surface area contributed by atoms with E-state index < -0.39 is 5.41 Å². The van der Waals surface area contributed by atoms with Gasteiger partial charge in [-0.1, -0.05) is 43.0 Å². The highest BCUT2D eigenvalue weighted by atomic mass is 35.5. The van der Waals surface area contributed by atoms with Gasteiger partial charge in [0.15, 0.2) is 0 Å². The molecule has 2 saturated heterocycles. The van der Waals surface area contributed by atoms with Gasteiger partial charge in [-0.15, -0.1) is 0 Å². The van der Waals surface area contributed by atoms with Gasteiger partial charge in [0.2, 0.25) is 5.91 Å². The number of benzene rings is 1. The van der Waals surface area contributed by atoms with E-state index in [1.807, 2.05) is 24.3 Å². The van der Waals surface area contributed by atoms with E-state index in [9.17, 15) is 4.79 Å². The van der Waals surface area contributed by atoms with E-state index in [2.05, 4.69) is 17.1 Å². The van der Waals surface area contributed by atoms with Crippen molar-refractivity contribution in [3.63, 3.8) is 0 Å². The first-order valence-electron chi connectivity index (χ1n) is 9.99.